The van der Waals surface area contributed by atoms with E-state index in [1.54, 1.807) is 0 Å². The first kappa shape index (κ1) is 9.88. The molecule has 4 atom stereocenters. The molecule has 5 heteroatoms. The third-order valence-electron chi connectivity index (χ3n) is 1.97. The highest BCUT2D eigenvalue weighted by Crippen LogP contribution is 2.20. The predicted molar refractivity (Wildman–Crippen MR) is 39.6 cm³/mol. The summed E-state index contributed by atoms with van der Waals surface area (Å²) in [6, 6.07) is 0. The summed E-state index contributed by atoms with van der Waals surface area (Å²) in [5.41, 5.74) is 0. The normalized spacial score (nSPS) is 42.0. The van der Waals surface area contributed by atoms with Gasteiger partial charge in [-0.25, -0.2) is 0 Å². The summed E-state index contributed by atoms with van der Waals surface area (Å²) in [5, 5.41) is 27.3. The van der Waals surface area contributed by atoms with Gasteiger partial charge in [0.2, 0.25) is 0 Å². The van der Waals surface area contributed by atoms with E-state index >= 15 is 0 Å². The minimum absolute atomic E-state index is 0.217. The molecule has 3 N–H and O–H groups in total. The standard InChI is InChI=1S/C7H14O5/c1-11-3-5-7(10)6(9)4(2-8)12-5/h4-10H,2-3H2,1H3/t4-,5-,6-,7-/m1/s1. The number of aliphatic hydroxyl groups excluding tert-OH is 3. The van der Waals surface area contributed by atoms with Gasteiger partial charge in [-0.3, -0.25) is 0 Å². The Hall–Kier alpha value is -0.200. The van der Waals surface area contributed by atoms with Crippen LogP contribution in [0.25, 0.3) is 0 Å². The summed E-state index contributed by atoms with van der Waals surface area (Å²) in [6.45, 7) is -0.0762. The molecule has 0 unspecified atom stereocenters. The van der Waals surface area contributed by atoms with Gasteiger partial charge in [-0.1, -0.05) is 0 Å². The molecule has 1 rings (SSSR count). The van der Waals surface area contributed by atoms with Crippen LogP contribution in [0.5, 0.6) is 0 Å². The molecule has 5 nitrogen and oxygen atoms in total. The van der Waals surface area contributed by atoms with Crippen LogP contribution < -0.4 is 0 Å². The van der Waals surface area contributed by atoms with Crippen molar-refractivity contribution in [1.29, 1.82) is 0 Å². The lowest BCUT2D eigenvalue weighted by Crippen LogP contribution is -2.35. The number of aliphatic hydroxyl groups is 3. The molecular formula is C7H14O5. The second-order valence-electron chi connectivity index (χ2n) is 2.83. The van der Waals surface area contributed by atoms with Crippen molar-refractivity contribution in [3.05, 3.63) is 0 Å². The highest BCUT2D eigenvalue weighted by molar-refractivity contribution is 4.89. The number of methoxy groups -OCH3 is 1. The molecule has 0 aromatic carbocycles. The SMILES string of the molecule is COC[C@H]1O[C@H](CO)[C@@H](O)[C@@H]1O. The first-order valence-corrected chi connectivity index (χ1v) is 3.82. The Morgan fingerprint density at radius 2 is 1.83 bits per heavy atom. The fourth-order valence-corrected chi connectivity index (χ4v) is 1.28. The maximum Gasteiger partial charge on any atom is 0.111 e. The van der Waals surface area contributed by atoms with Crippen LogP contribution in [0.3, 0.4) is 0 Å². The van der Waals surface area contributed by atoms with Crippen molar-refractivity contribution in [2.24, 2.45) is 0 Å². The van der Waals surface area contributed by atoms with Crippen LogP contribution in [-0.2, 0) is 9.47 Å². The summed E-state index contributed by atoms with van der Waals surface area (Å²) >= 11 is 0. The Morgan fingerprint density at radius 3 is 2.25 bits per heavy atom. The Labute approximate surface area is 70.5 Å². The first-order valence-electron chi connectivity index (χ1n) is 3.82. The van der Waals surface area contributed by atoms with E-state index in [9.17, 15) is 10.2 Å². The van der Waals surface area contributed by atoms with Crippen molar-refractivity contribution in [2.45, 2.75) is 24.4 Å². The largest absolute Gasteiger partial charge is 0.394 e. The Morgan fingerprint density at radius 1 is 1.25 bits per heavy atom. The van der Waals surface area contributed by atoms with E-state index in [-0.39, 0.29) is 13.2 Å². The van der Waals surface area contributed by atoms with Gasteiger partial charge in [0.05, 0.1) is 13.2 Å². The maximum atomic E-state index is 9.32. The van der Waals surface area contributed by atoms with Crippen molar-refractivity contribution < 1.29 is 24.8 Å². The third kappa shape index (κ3) is 1.75. The van der Waals surface area contributed by atoms with E-state index < -0.39 is 24.4 Å². The van der Waals surface area contributed by atoms with Gasteiger partial charge < -0.3 is 24.8 Å². The first-order chi connectivity index (χ1) is 5.70. The summed E-state index contributed by atoms with van der Waals surface area (Å²) in [6.07, 6.45) is -3.22. The molecule has 1 saturated heterocycles. The third-order valence-corrected chi connectivity index (χ3v) is 1.97. The monoisotopic (exact) mass is 178 g/mol. The van der Waals surface area contributed by atoms with Crippen LogP contribution in [0.4, 0.5) is 0 Å². The zero-order valence-corrected chi connectivity index (χ0v) is 6.88. The average molecular weight is 178 g/mol. The Balaban J connectivity index is 2.48. The molecule has 12 heavy (non-hydrogen) atoms. The summed E-state index contributed by atoms with van der Waals surface area (Å²) < 4.78 is 9.86. The van der Waals surface area contributed by atoms with Crippen LogP contribution in [-0.4, -0.2) is 60.1 Å². The molecule has 0 radical (unpaired) electrons. The molecule has 1 heterocycles. The average Bonchev–Trinajstić information content (AvgIpc) is 2.33. The fraction of sp³-hybridized carbons (Fsp3) is 1.00. The van der Waals surface area contributed by atoms with Gasteiger partial charge in [0, 0.05) is 7.11 Å². The number of hydrogen-bond acceptors (Lipinski definition) is 5. The quantitative estimate of drug-likeness (QED) is 0.471. The molecule has 0 bridgehead atoms. The smallest absolute Gasteiger partial charge is 0.111 e. The number of hydrogen-bond donors (Lipinski definition) is 3. The number of rotatable bonds is 3. The van der Waals surface area contributed by atoms with E-state index in [1.807, 2.05) is 0 Å². The molecule has 1 aliphatic heterocycles. The predicted octanol–water partition coefficient (Wildman–Crippen LogP) is -1.89. The zero-order chi connectivity index (χ0) is 9.14. The Kier molecular flexibility index (Phi) is 3.42. The molecule has 72 valence electrons. The molecule has 0 aromatic heterocycles. The van der Waals surface area contributed by atoms with Gasteiger partial charge in [-0.2, -0.15) is 0 Å². The fourth-order valence-electron chi connectivity index (χ4n) is 1.28. The van der Waals surface area contributed by atoms with Gasteiger partial charge in [0.25, 0.3) is 0 Å². The van der Waals surface area contributed by atoms with E-state index in [1.165, 1.54) is 7.11 Å². The Bertz CT molecular complexity index is 140. The van der Waals surface area contributed by atoms with Crippen LogP contribution in [0.2, 0.25) is 0 Å². The second-order valence-corrected chi connectivity index (χ2v) is 2.83. The lowest BCUT2D eigenvalue weighted by Gasteiger charge is -2.12. The highest BCUT2D eigenvalue weighted by Gasteiger charge is 2.41. The van der Waals surface area contributed by atoms with Gasteiger partial charge >= 0.3 is 0 Å². The summed E-state index contributed by atoms with van der Waals surface area (Å²) in [4.78, 5) is 0. The van der Waals surface area contributed by atoms with E-state index in [0.29, 0.717) is 0 Å². The van der Waals surface area contributed by atoms with E-state index in [2.05, 4.69) is 0 Å². The minimum Gasteiger partial charge on any atom is -0.394 e. The van der Waals surface area contributed by atoms with Crippen molar-refractivity contribution >= 4 is 0 Å². The zero-order valence-electron chi connectivity index (χ0n) is 6.88. The number of ether oxygens (including phenoxy) is 2. The van der Waals surface area contributed by atoms with Crippen molar-refractivity contribution in [1.82, 2.24) is 0 Å². The van der Waals surface area contributed by atoms with E-state index in [4.69, 9.17) is 14.6 Å². The minimum atomic E-state index is -1.02. The van der Waals surface area contributed by atoms with Gasteiger partial charge in [0.15, 0.2) is 0 Å². The molecule has 1 fully saturated rings. The van der Waals surface area contributed by atoms with E-state index in [0.717, 1.165) is 0 Å². The molecule has 0 saturated carbocycles. The lowest BCUT2D eigenvalue weighted by molar-refractivity contribution is -0.0473. The molecular weight excluding hydrogens is 164 g/mol. The molecule has 0 aromatic rings. The summed E-state index contributed by atoms with van der Waals surface area (Å²) in [5.74, 6) is 0. The van der Waals surface area contributed by atoms with Gasteiger partial charge in [-0.15, -0.1) is 0 Å². The van der Waals surface area contributed by atoms with Crippen LogP contribution in [0, 0.1) is 0 Å². The van der Waals surface area contributed by atoms with Gasteiger partial charge in [0.1, 0.15) is 24.4 Å². The van der Waals surface area contributed by atoms with Crippen molar-refractivity contribution in [2.75, 3.05) is 20.3 Å². The molecule has 0 amide bonds. The molecule has 0 spiro atoms. The van der Waals surface area contributed by atoms with Gasteiger partial charge in [-0.05, 0) is 0 Å². The van der Waals surface area contributed by atoms with Crippen LogP contribution in [0.15, 0.2) is 0 Å². The molecule has 0 aliphatic carbocycles. The van der Waals surface area contributed by atoms with Crippen LogP contribution in [0.1, 0.15) is 0 Å². The molecule has 1 aliphatic rings. The summed E-state index contributed by atoms with van der Waals surface area (Å²) in [7, 11) is 1.48. The lowest BCUT2D eigenvalue weighted by atomic mass is 10.1. The van der Waals surface area contributed by atoms with Crippen molar-refractivity contribution in [3.8, 4) is 0 Å². The second kappa shape index (κ2) is 4.15. The topological polar surface area (TPSA) is 79.2 Å². The maximum absolute atomic E-state index is 9.32. The highest BCUT2D eigenvalue weighted by atomic mass is 16.6. The van der Waals surface area contributed by atoms with Crippen LogP contribution >= 0.6 is 0 Å². The van der Waals surface area contributed by atoms with Crippen molar-refractivity contribution in [3.63, 3.8) is 0 Å².